The fourth-order valence-corrected chi connectivity index (χ4v) is 2.69. The molecule has 1 atom stereocenters. The van der Waals surface area contributed by atoms with Gasteiger partial charge in [0.15, 0.2) is 0 Å². The fourth-order valence-electron chi connectivity index (χ4n) is 2.48. The van der Waals surface area contributed by atoms with Gasteiger partial charge in [-0.25, -0.2) is 4.79 Å². The summed E-state index contributed by atoms with van der Waals surface area (Å²) in [7, 11) is 0. The lowest BCUT2D eigenvalue weighted by Crippen LogP contribution is -2.13. The lowest BCUT2D eigenvalue weighted by atomic mass is 9.96. The van der Waals surface area contributed by atoms with E-state index in [9.17, 15) is 4.79 Å². The number of fused-ring (bicyclic) bond motifs is 1. The molecule has 5 heteroatoms. The fraction of sp³-hybridized carbons (Fsp3) is 0.412. The van der Waals surface area contributed by atoms with Gasteiger partial charge in [0.1, 0.15) is 5.52 Å². The second-order valence-corrected chi connectivity index (χ2v) is 6.33. The smallest absolute Gasteiger partial charge is 0.285 e. The summed E-state index contributed by atoms with van der Waals surface area (Å²) in [6.45, 7) is 6.29. The van der Waals surface area contributed by atoms with E-state index in [4.69, 9.17) is 21.4 Å². The molecule has 0 fully saturated rings. The molecular weight excluding hydrogens is 302 g/mol. The van der Waals surface area contributed by atoms with Crippen LogP contribution in [-0.2, 0) is 9.68 Å². The van der Waals surface area contributed by atoms with Crippen molar-refractivity contribution in [3.05, 3.63) is 35.5 Å². The Bertz CT molecular complexity index is 657. The lowest BCUT2D eigenvalue weighted by Gasteiger charge is -2.13. The summed E-state index contributed by atoms with van der Waals surface area (Å²) >= 11 is 6.11. The van der Waals surface area contributed by atoms with Crippen molar-refractivity contribution in [2.24, 2.45) is 11.8 Å². The third-order valence-electron chi connectivity index (χ3n) is 3.29. The van der Waals surface area contributed by atoms with Crippen LogP contribution in [-0.4, -0.2) is 11.0 Å². The van der Waals surface area contributed by atoms with Gasteiger partial charge < -0.3 is 0 Å². The molecule has 1 aromatic carbocycles. The summed E-state index contributed by atoms with van der Waals surface area (Å²) in [4.78, 5) is 26.1. The van der Waals surface area contributed by atoms with E-state index < -0.39 is 0 Å². The molecular formula is C17H20ClNO3. The van der Waals surface area contributed by atoms with E-state index in [-0.39, 0.29) is 11.9 Å². The summed E-state index contributed by atoms with van der Waals surface area (Å²) in [5.74, 6) is 0.807. The van der Waals surface area contributed by atoms with Gasteiger partial charge in [-0.2, -0.15) is 0 Å². The number of nitrogens with zero attached hydrogens (tertiary/aromatic N) is 1. The van der Waals surface area contributed by atoms with Crippen LogP contribution < -0.4 is 4.89 Å². The molecule has 0 saturated heterocycles. The molecule has 0 bridgehead atoms. The minimum absolute atomic E-state index is 0.260. The van der Waals surface area contributed by atoms with Crippen LogP contribution in [0.4, 0.5) is 0 Å². The van der Waals surface area contributed by atoms with Crippen LogP contribution >= 0.6 is 11.6 Å². The maximum absolute atomic E-state index is 11.8. The Hall–Kier alpha value is -1.81. The van der Waals surface area contributed by atoms with E-state index in [2.05, 4.69) is 18.8 Å². The molecule has 0 amide bonds. The van der Waals surface area contributed by atoms with Crippen molar-refractivity contribution in [1.82, 2.24) is 4.98 Å². The van der Waals surface area contributed by atoms with E-state index in [0.29, 0.717) is 28.6 Å². The summed E-state index contributed by atoms with van der Waals surface area (Å²) in [6.07, 6.45) is 2.94. The molecule has 1 unspecified atom stereocenters. The number of hydrogen-bond donors (Lipinski definition) is 0. The van der Waals surface area contributed by atoms with E-state index >= 15 is 0 Å². The van der Waals surface area contributed by atoms with Crippen molar-refractivity contribution in [2.45, 2.75) is 33.6 Å². The quantitative estimate of drug-likeness (QED) is 0.566. The average molecular weight is 322 g/mol. The first-order valence-electron chi connectivity index (χ1n) is 7.38. The van der Waals surface area contributed by atoms with Gasteiger partial charge in [0.2, 0.25) is 5.75 Å². The predicted molar refractivity (Wildman–Crippen MR) is 86.7 cm³/mol. The Labute approximate surface area is 135 Å². The molecule has 0 aliphatic carbocycles. The average Bonchev–Trinajstić information content (AvgIpc) is 2.46. The highest BCUT2D eigenvalue weighted by Gasteiger charge is 2.15. The highest BCUT2D eigenvalue weighted by atomic mass is 35.5. The van der Waals surface area contributed by atoms with Crippen LogP contribution in [0.1, 0.15) is 33.6 Å². The summed E-state index contributed by atoms with van der Waals surface area (Å²) in [5, 5.41) is 1.33. The molecule has 0 saturated carbocycles. The summed E-state index contributed by atoms with van der Waals surface area (Å²) in [6, 6.07) is 6.96. The number of aromatic nitrogens is 1. The molecule has 0 aliphatic rings. The molecule has 2 aromatic rings. The predicted octanol–water partition coefficient (Wildman–Crippen LogP) is 4.80. The zero-order chi connectivity index (χ0) is 16.1. The highest BCUT2D eigenvalue weighted by molar-refractivity contribution is 6.35. The molecule has 1 heterocycles. The Morgan fingerprint density at radius 2 is 2.05 bits per heavy atom. The minimum Gasteiger partial charge on any atom is -0.285 e. The van der Waals surface area contributed by atoms with Crippen LogP contribution in [0, 0.1) is 11.8 Å². The van der Waals surface area contributed by atoms with Crippen LogP contribution in [0.2, 0.25) is 5.02 Å². The number of benzene rings is 1. The van der Waals surface area contributed by atoms with Crippen molar-refractivity contribution < 1.29 is 14.6 Å². The molecule has 118 valence electrons. The number of hydrogen-bond acceptors (Lipinski definition) is 4. The van der Waals surface area contributed by atoms with Gasteiger partial charge in [0.25, 0.3) is 0 Å². The first kappa shape index (κ1) is 16.6. The maximum Gasteiger partial charge on any atom is 0.355 e. The van der Waals surface area contributed by atoms with Crippen molar-refractivity contribution in [1.29, 1.82) is 0 Å². The van der Waals surface area contributed by atoms with E-state index in [1.54, 1.807) is 24.4 Å². The van der Waals surface area contributed by atoms with Gasteiger partial charge in [-0.15, -0.1) is 0 Å². The van der Waals surface area contributed by atoms with Crippen LogP contribution in [0.25, 0.3) is 10.9 Å². The van der Waals surface area contributed by atoms with Gasteiger partial charge in [0.05, 0.1) is 11.4 Å². The minimum atomic E-state index is -0.382. The van der Waals surface area contributed by atoms with Gasteiger partial charge in [-0.05, 0) is 42.5 Å². The standard InChI is InChI=1S/C17H20ClNO3/c1-11(2)9-12(3)10-16(20)22-21-15-7-6-14(18)13-5-4-8-19-17(13)15/h4-8,11-12H,9-10H2,1-3H3. The third kappa shape index (κ3) is 4.34. The Kier molecular flexibility index (Phi) is 5.61. The summed E-state index contributed by atoms with van der Waals surface area (Å²) < 4.78 is 0. The first-order chi connectivity index (χ1) is 10.5. The molecule has 1 aromatic heterocycles. The Morgan fingerprint density at radius 1 is 1.27 bits per heavy atom. The normalized spacial score (nSPS) is 12.4. The maximum atomic E-state index is 11.8. The van der Waals surface area contributed by atoms with Gasteiger partial charge in [-0.3, -0.25) is 14.8 Å². The molecule has 0 spiro atoms. The van der Waals surface area contributed by atoms with Crippen molar-refractivity contribution in [2.75, 3.05) is 0 Å². The highest BCUT2D eigenvalue weighted by Crippen LogP contribution is 2.29. The van der Waals surface area contributed by atoms with Crippen molar-refractivity contribution >= 4 is 28.5 Å². The van der Waals surface area contributed by atoms with Crippen LogP contribution in [0.3, 0.4) is 0 Å². The molecule has 0 radical (unpaired) electrons. The largest absolute Gasteiger partial charge is 0.355 e. The molecule has 0 N–H and O–H groups in total. The number of pyridine rings is 1. The van der Waals surface area contributed by atoms with Crippen LogP contribution in [0.15, 0.2) is 30.5 Å². The van der Waals surface area contributed by atoms with Crippen molar-refractivity contribution in [3.8, 4) is 5.75 Å². The number of halogens is 1. The zero-order valence-corrected chi connectivity index (χ0v) is 13.8. The van der Waals surface area contributed by atoms with Crippen LogP contribution in [0.5, 0.6) is 5.75 Å². The van der Waals surface area contributed by atoms with E-state index in [0.717, 1.165) is 11.8 Å². The molecule has 22 heavy (non-hydrogen) atoms. The monoisotopic (exact) mass is 321 g/mol. The lowest BCUT2D eigenvalue weighted by molar-refractivity contribution is -0.214. The zero-order valence-electron chi connectivity index (χ0n) is 13.0. The van der Waals surface area contributed by atoms with Crippen molar-refractivity contribution in [3.63, 3.8) is 0 Å². The Balaban J connectivity index is 2.00. The Morgan fingerprint density at radius 3 is 2.77 bits per heavy atom. The summed E-state index contributed by atoms with van der Waals surface area (Å²) in [5.41, 5.74) is 0.568. The molecule has 2 rings (SSSR count). The SMILES string of the molecule is CC(C)CC(C)CC(=O)OOc1ccc(Cl)c2cccnc12. The van der Waals surface area contributed by atoms with Gasteiger partial charge in [0, 0.05) is 11.6 Å². The number of carbonyl (C=O) groups is 1. The van der Waals surface area contributed by atoms with E-state index in [1.807, 2.05) is 13.0 Å². The first-order valence-corrected chi connectivity index (χ1v) is 7.75. The number of carbonyl (C=O) groups excluding carboxylic acids is 1. The molecule has 4 nitrogen and oxygen atoms in total. The topological polar surface area (TPSA) is 48.4 Å². The second kappa shape index (κ2) is 7.45. The second-order valence-electron chi connectivity index (χ2n) is 5.92. The third-order valence-corrected chi connectivity index (χ3v) is 3.62. The van der Waals surface area contributed by atoms with Gasteiger partial charge >= 0.3 is 5.97 Å². The number of rotatable bonds is 6. The molecule has 0 aliphatic heterocycles. The van der Waals surface area contributed by atoms with E-state index in [1.165, 1.54) is 0 Å². The van der Waals surface area contributed by atoms with Gasteiger partial charge in [-0.1, -0.05) is 32.4 Å².